The van der Waals surface area contributed by atoms with Crippen molar-refractivity contribution in [2.45, 2.75) is 43.4 Å². The van der Waals surface area contributed by atoms with Gasteiger partial charge in [0.15, 0.2) is 11.5 Å². The van der Waals surface area contributed by atoms with Crippen molar-refractivity contribution in [3.8, 4) is 0 Å². The maximum absolute atomic E-state index is 13.2. The molecule has 230 valence electrons. The van der Waals surface area contributed by atoms with Gasteiger partial charge in [0.2, 0.25) is 0 Å². The number of fused-ring (bicyclic) bond motifs is 1. The highest BCUT2D eigenvalue weighted by molar-refractivity contribution is 6.30. The average Bonchev–Trinajstić information content (AvgIpc) is 3.52. The van der Waals surface area contributed by atoms with Crippen LogP contribution in [0, 0.1) is 0 Å². The third-order valence-corrected chi connectivity index (χ3v) is 9.91. The van der Waals surface area contributed by atoms with E-state index in [1.165, 1.54) is 0 Å². The number of anilines is 1. The molecule has 2 saturated heterocycles. The zero-order valence-corrected chi connectivity index (χ0v) is 26.0. The number of halogens is 1. The number of pyridine rings is 2. The van der Waals surface area contributed by atoms with Crippen molar-refractivity contribution in [3.05, 3.63) is 124 Å². The number of aliphatic hydroxyl groups is 1. The van der Waals surface area contributed by atoms with Gasteiger partial charge in [-0.2, -0.15) is 5.10 Å². The Morgan fingerprint density at radius 3 is 2.36 bits per heavy atom. The van der Waals surface area contributed by atoms with E-state index in [9.17, 15) is 9.90 Å². The standard InChI is InChI=1S/C36H37ClN6O2/c37-30-12-10-29(11-13-30)36(25-44)16-22-41(23-17-36)32-5-3-19-43-34(32)39-33(40-43)24-26-6-8-28(9-7-26)35(45)42-20-14-27(15-21-42)31-4-1-2-18-38-31/h1-13,18-19,27,44H,14-17,20-25H2. The number of hydrogen-bond acceptors (Lipinski definition) is 6. The molecule has 2 aliphatic rings. The topological polar surface area (TPSA) is 86.9 Å². The second-order valence-electron chi connectivity index (χ2n) is 12.3. The number of aliphatic hydroxyl groups excluding tert-OH is 1. The van der Waals surface area contributed by atoms with E-state index < -0.39 is 0 Å². The van der Waals surface area contributed by atoms with Crippen LogP contribution in [0.15, 0.2) is 91.3 Å². The lowest BCUT2D eigenvalue weighted by molar-refractivity contribution is 0.0712. The Morgan fingerprint density at radius 2 is 1.67 bits per heavy atom. The van der Waals surface area contributed by atoms with Crippen molar-refractivity contribution in [2.24, 2.45) is 0 Å². The van der Waals surface area contributed by atoms with Gasteiger partial charge in [0.05, 0.1) is 12.3 Å². The van der Waals surface area contributed by atoms with Crippen molar-refractivity contribution >= 4 is 28.8 Å². The molecular weight excluding hydrogens is 584 g/mol. The predicted octanol–water partition coefficient (Wildman–Crippen LogP) is 5.92. The van der Waals surface area contributed by atoms with Gasteiger partial charge in [-0.05, 0) is 85.3 Å². The van der Waals surface area contributed by atoms with Gasteiger partial charge >= 0.3 is 0 Å². The summed E-state index contributed by atoms with van der Waals surface area (Å²) in [7, 11) is 0. The summed E-state index contributed by atoms with van der Waals surface area (Å²) in [6.07, 6.45) is 7.89. The Kier molecular flexibility index (Phi) is 8.25. The predicted molar refractivity (Wildman–Crippen MR) is 176 cm³/mol. The minimum Gasteiger partial charge on any atom is -0.395 e. The summed E-state index contributed by atoms with van der Waals surface area (Å²) >= 11 is 6.12. The molecule has 0 saturated carbocycles. The molecule has 0 spiro atoms. The van der Waals surface area contributed by atoms with Crippen LogP contribution in [0.2, 0.25) is 5.02 Å². The molecule has 8 nitrogen and oxygen atoms in total. The number of rotatable bonds is 7. The van der Waals surface area contributed by atoms with E-state index in [0.29, 0.717) is 22.9 Å². The third kappa shape index (κ3) is 6.04. The molecule has 0 radical (unpaired) electrons. The number of carbonyl (C=O) groups excluding carboxylic acids is 1. The van der Waals surface area contributed by atoms with Gasteiger partial charge in [0.25, 0.3) is 5.91 Å². The second kappa shape index (κ2) is 12.6. The SMILES string of the molecule is O=C(c1ccc(Cc2nc3c(N4CCC(CO)(c5ccc(Cl)cc5)CC4)cccn3n2)cc1)N1CCC(c2ccccn2)CC1. The fourth-order valence-electron chi connectivity index (χ4n) is 6.90. The van der Waals surface area contributed by atoms with Crippen LogP contribution < -0.4 is 4.90 Å². The average molecular weight is 621 g/mol. The Bertz CT molecular complexity index is 1760. The molecule has 3 aromatic heterocycles. The van der Waals surface area contributed by atoms with Crippen LogP contribution >= 0.6 is 11.6 Å². The van der Waals surface area contributed by atoms with E-state index in [1.807, 2.05) is 88.5 Å². The lowest BCUT2D eigenvalue weighted by Gasteiger charge is -2.42. The molecule has 7 rings (SSSR count). The van der Waals surface area contributed by atoms with Crippen molar-refractivity contribution < 1.29 is 9.90 Å². The Balaban J connectivity index is 0.996. The van der Waals surface area contributed by atoms with Crippen LogP contribution in [0.1, 0.15) is 64.6 Å². The van der Waals surface area contributed by atoms with Crippen molar-refractivity contribution in [2.75, 3.05) is 37.7 Å². The third-order valence-electron chi connectivity index (χ3n) is 9.66. The van der Waals surface area contributed by atoms with E-state index >= 15 is 0 Å². The summed E-state index contributed by atoms with van der Waals surface area (Å²) in [6, 6.07) is 25.9. The number of piperidine rings is 2. The Morgan fingerprint density at radius 1 is 0.911 bits per heavy atom. The van der Waals surface area contributed by atoms with Crippen LogP contribution in [0.4, 0.5) is 5.69 Å². The number of nitrogens with zero attached hydrogens (tertiary/aromatic N) is 6. The molecule has 2 aliphatic heterocycles. The summed E-state index contributed by atoms with van der Waals surface area (Å²) in [5.74, 6) is 1.23. The normalized spacial score (nSPS) is 17.1. The largest absolute Gasteiger partial charge is 0.395 e. The molecule has 0 bridgehead atoms. The van der Waals surface area contributed by atoms with E-state index in [-0.39, 0.29) is 17.9 Å². The maximum atomic E-state index is 13.2. The minimum absolute atomic E-state index is 0.0827. The van der Waals surface area contributed by atoms with Gasteiger partial charge in [-0.25, -0.2) is 9.50 Å². The van der Waals surface area contributed by atoms with E-state index in [0.717, 1.165) is 85.8 Å². The molecule has 5 heterocycles. The minimum atomic E-state index is -0.269. The molecule has 2 fully saturated rings. The molecule has 9 heteroatoms. The summed E-state index contributed by atoms with van der Waals surface area (Å²) in [4.78, 5) is 27.0. The first-order chi connectivity index (χ1) is 22.0. The lowest BCUT2D eigenvalue weighted by Crippen LogP contribution is -2.45. The first-order valence-electron chi connectivity index (χ1n) is 15.8. The number of likely N-dealkylation sites (tertiary alicyclic amines) is 1. The highest BCUT2D eigenvalue weighted by Gasteiger charge is 2.36. The zero-order valence-electron chi connectivity index (χ0n) is 25.2. The highest BCUT2D eigenvalue weighted by atomic mass is 35.5. The Labute approximate surface area is 268 Å². The summed E-state index contributed by atoms with van der Waals surface area (Å²) < 4.78 is 1.85. The maximum Gasteiger partial charge on any atom is 0.253 e. The fraction of sp³-hybridized carbons (Fsp3) is 0.333. The van der Waals surface area contributed by atoms with E-state index in [2.05, 4.69) is 22.0 Å². The monoisotopic (exact) mass is 620 g/mol. The van der Waals surface area contributed by atoms with E-state index in [4.69, 9.17) is 21.7 Å². The molecule has 5 aromatic rings. The Hall–Kier alpha value is -4.27. The van der Waals surface area contributed by atoms with Gasteiger partial charge in [0, 0.05) is 72.6 Å². The number of hydrogen-bond donors (Lipinski definition) is 1. The molecule has 2 aromatic carbocycles. The first-order valence-corrected chi connectivity index (χ1v) is 16.1. The number of amides is 1. The fourth-order valence-corrected chi connectivity index (χ4v) is 7.03. The lowest BCUT2D eigenvalue weighted by atomic mass is 9.73. The van der Waals surface area contributed by atoms with Crippen LogP contribution in [0.25, 0.3) is 5.65 Å². The summed E-state index contributed by atoms with van der Waals surface area (Å²) in [6.45, 7) is 3.21. The van der Waals surface area contributed by atoms with E-state index in [1.54, 1.807) is 0 Å². The smallest absolute Gasteiger partial charge is 0.253 e. The van der Waals surface area contributed by atoms with Crippen LogP contribution in [0.3, 0.4) is 0 Å². The van der Waals surface area contributed by atoms with Crippen molar-refractivity contribution in [3.63, 3.8) is 0 Å². The molecule has 45 heavy (non-hydrogen) atoms. The summed E-state index contributed by atoms with van der Waals surface area (Å²) in [5.41, 5.74) is 5.64. The number of carbonyl (C=O) groups is 1. The van der Waals surface area contributed by atoms with Crippen molar-refractivity contribution in [1.29, 1.82) is 0 Å². The number of aromatic nitrogens is 4. The van der Waals surface area contributed by atoms with Crippen molar-refractivity contribution in [1.82, 2.24) is 24.5 Å². The van der Waals surface area contributed by atoms with Gasteiger partial charge in [-0.3, -0.25) is 9.78 Å². The second-order valence-corrected chi connectivity index (χ2v) is 12.8. The molecule has 0 aliphatic carbocycles. The molecule has 1 N–H and O–H groups in total. The van der Waals surface area contributed by atoms with Gasteiger partial charge in [0.1, 0.15) is 0 Å². The van der Waals surface area contributed by atoms with Crippen LogP contribution in [0.5, 0.6) is 0 Å². The molecule has 1 amide bonds. The van der Waals surface area contributed by atoms with Crippen LogP contribution in [-0.4, -0.2) is 68.3 Å². The van der Waals surface area contributed by atoms with Gasteiger partial charge in [-0.1, -0.05) is 41.9 Å². The molecular formula is C36H37ClN6O2. The van der Waals surface area contributed by atoms with Crippen LogP contribution in [-0.2, 0) is 11.8 Å². The first kappa shape index (κ1) is 29.4. The van der Waals surface area contributed by atoms with Gasteiger partial charge < -0.3 is 14.9 Å². The molecule has 0 unspecified atom stereocenters. The summed E-state index contributed by atoms with van der Waals surface area (Å²) in [5, 5.41) is 15.9. The number of benzene rings is 2. The highest BCUT2D eigenvalue weighted by Crippen LogP contribution is 2.38. The van der Waals surface area contributed by atoms with Gasteiger partial charge in [-0.15, -0.1) is 0 Å². The quantitative estimate of drug-likeness (QED) is 0.243. The zero-order chi connectivity index (χ0) is 30.8. The molecule has 0 atom stereocenters.